The average molecular weight is 405 g/mol. The lowest BCUT2D eigenvalue weighted by Crippen LogP contribution is -2.11. The molecule has 0 aliphatic heterocycles. The Morgan fingerprint density at radius 3 is 2.67 bits per heavy atom. The third-order valence-corrected chi connectivity index (χ3v) is 5.11. The van der Waals surface area contributed by atoms with Gasteiger partial charge in [-0.15, -0.1) is 11.3 Å². The molecule has 2 aromatic rings. The minimum absolute atomic E-state index is 0.0111. The van der Waals surface area contributed by atoms with Crippen LogP contribution < -0.4 is 5.32 Å². The van der Waals surface area contributed by atoms with E-state index >= 15 is 0 Å². The normalized spacial score (nSPS) is 12.8. The fourth-order valence-electron chi connectivity index (χ4n) is 2.12. The van der Waals surface area contributed by atoms with Gasteiger partial charge in [-0.1, -0.05) is 34.5 Å². The van der Waals surface area contributed by atoms with Crippen molar-refractivity contribution in [3.63, 3.8) is 0 Å². The van der Waals surface area contributed by atoms with Gasteiger partial charge in [-0.2, -0.15) is 0 Å². The maximum atomic E-state index is 12.3. The van der Waals surface area contributed by atoms with Crippen molar-refractivity contribution in [1.29, 1.82) is 0 Å². The third-order valence-electron chi connectivity index (χ3n) is 3.62. The van der Waals surface area contributed by atoms with Crippen molar-refractivity contribution in [2.24, 2.45) is 0 Å². The highest BCUT2D eigenvalue weighted by Gasteiger charge is 2.09. The standard InChI is InChI=1S/C19H21BrN2OS/c1-4-13(2)9-16(14(3)20)10-19(23)22-17-11-18(24-12-17)15-5-7-21-8-6-15/h5-9,11-12H,4,10H2,1-3H3,(H,22,23)/b13-9-,16-14-. The highest BCUT2D eigenvalue weighted by Crippen LogP contribution is 2.29. The van der Waals surface area contributed by atoms with Gasteiger partial charge in [0.05, 0.1) is 12.1 Å². The van der Waals surface area contributed by atoms with Gasteiger partial charge in [0.2, 0.25) is 5.91 Å². The summed E-state index contributed by atoms with van der Waals surface area (Å²) in [6, 6.07) is 5.92. The highest BCUT2D eigenvalue weighted by molar-refractivity contribution is 9.11. The van der Waals surface area contributed by atoms with Crippen LogP contribution in [-0.4, -0.2) is 10.9 Å². The molecule has 0 aliphatic rings. The number of nitrogens with zero attached hydrogens (tertiary/aromatic N) is 1. The number of halogens is 1. The predicted molar refractivity (Wildman–Crippen MR) is 106 cm³/mol. The first-order chi connectivity index (χ1) is 11.5. The van der Waals surface area contributed by atoms with Crippen LogP contribution in [0.5, 0.6) is 0 Å². The molecule has 0 aromatic carbocycles. The van der Waals surface area contributed by atoms with Gasteiger partial charge < -0.3 is 5.32 Å². The molecule has 24 heavy (non-hydrogen) atoms. The van der Waals surface area contributed by atoms with E-state index in [9.17, 15) is 4.79 Å². The van der Waals surface area contributed by atoms with Crippen molar-refractivity contribution >= 4 is 38.9 Å². The molecule has 0 fully saturated rings. The van der Waals surface area contributed by atoms with E-state index < -0.39 is 0 Å². The molecule has 2 heterocycles. The van der Waals surface area contributed by atoms with Crippen molar-refractivity contribution in [2.75, 3.05) is 5.32 Å². The van der Waals surface area contributed by atoms with E-state index in [1.165, 1.54) is 5.57 Å². The zero-order valence-electron chi connectivity index (χ0n) is 14.1. The molecule has 0 aliphatic carbocycles. The smallest absolute Gasteiger partial charge is 0.228 e. The van der Waals surface area contributed by atoms with Crippen LogP contribution in [-0.2, 0) is 4.79 Å². The molecule has 5 heteroatoms. The number of anilines is 1. The first-order valence-electron chi connectivity index (χ1n) is 7.80. The largest absolute Gasteiger partial charge is 0.325 e. The Morgan fingerprint density at radius 1 is 1.33 bits per heavy atom. The second kappa shape index (κ2) is 8.94. The Morgan fingerprint density at radius 2 is 2.04 bits per heavy atom. The number of carbonyl (C=O) groups is 1. The monoisotopic (exact) mass is 404 g/mol. The van der Waals surface area contributed by atoms with Crippen LogP contribution in [0.1, 0.15) is 33.6 Å². The number of nitrogens with one attached hydrogen (secondary N) is 1. The summed E-state index contributed by atoms with van der Waals surface area (Å²) in [6.45, 7) is 6.15. The lowest BCUT2D eigenvalue weighted by molar-refractivity contribution is -0.115. The number of amides is 1. The van der Waals surface area contributed by atoms with Crippen LogP contribution >= 0.6 is 27.3 Å². The Kier molecular flexibility index (Phi) is 6.94. The zero-order chi connectivity index (χ0) is 17.5. The maximum Gasteiger partial charge on any atom is 0.228 e. The second-order valence-electron chi connectivity index (χ2n) is 5.56. The molecule has 0 atom stereocenters. The molecule has 0 saturated heterocycles. The zero-order valence-corrected chi connectivity index (χ0v) is 16.5. The molecular formula is C19H21BrN2OS. The number of rotatable bonds is 6. The van der Waals surface area contributed by atoms with Crippen molar-refractivity contribution < 1.29 is 4.79 Å². The number of allylic oxidation sites excluding steroid dienone is 3. The molecule has 2 rings (SSSR count). The Labute approximate surface area is 155 Å². The molecule has 1 N–H and O–H groups in total. The van der Waals surface area contributed by atoms with Crippen LogP contribution in [0.2, 0.25) is 0 Å². The van der Waals surface area contributed by atoms with Gasteiger partial charge in [0.1, 0.15) is 0 Å². The minimum Gasteiger partial charge on any atom is -0.325 e. The van der Waals surface area contributed by atoms with Crippen molar-refractivity contribution in [3.05, 3.63) is 57.7 Å². The summed E-state index contributed by atoms with van der Waals surface area (Å²) in [5, 5.41) is 4.94. The van der Waals surface area contributed by atoms with Crippen LogP contribution in [0.15, 0.2) is 57.7 Å². The lowest BCUT2D eigenvalue weighted by Gasteiger charge is -2.07. The van der Waals surface area contributed by atoms with E-state index in [-0.39, 0.29) is 5.91 Å². The Hall–Kier alpha value is -1.72. The minimum atomic E-state index is -0.0111. The van der Waals surface area contributed by atoms with E-state index in [1.807, 2.05) is 30.5 Å². The highest BCUT2D eigenvalue weighted by atomic mass is 79.9. The van der Waals surface area contributed by atoms with Gasteiger partial charge in [0.15, 0.2) is 0 Å². The summed E-state index contributed by atoms with van der Waals surface area (Å²) in [5.41, 5.74) is 4.21. The molecule has 2 aromatic heterocycles. The summed E-state index contributed by atoms with van der Waals surface area (Å²) in [5.74, 6) is -0.0111. The SMILES string of the molecule is CC/C(C)=C\C(CC(=O)Nc1csc(-c2ccncc2)c1)=C(/C)Br. The van der Waals surface area contributed by atoms with Crippen molar-refractivity contribution in [1.82, 2.24) is 4.98 Å². The Balaban J connectivity index is 2.05. The number of pyridine rings is 1. The van der Waals surface area contributed by atoms with E-state index in [1.54, 1.807) is 23.7 Å². The molecule has 0 saturated carbocycles. The number of carbonyl (C=O) groups excluding carboxylic acids is 1. The quantitative estimate of drug-likeness (QED) is 0.585. The predicted octanol–water partition coefficient (Wildman–Crippen LogP) is 6.16. The number of hydrogen-bond acceptors (Lipinski definition) is 3. The molecular weight excluding hydrogens is 384 g/mol. The van der Waals surface area contributed by atoms with Crippen molar-refractivity contribution in [2.45, 2.75) is 33.6 Å². The van der Waals surface area contributed by atoms with Crippen molar-refractivity contribution in [3.8, 4) is 10.4 Å². The summed E-state index contributed by atoms with van der Waals surface area (Å²) < 4.78 is 0.994. The third kappa shape index (κ3) is 5.42. The van der Waals surface area contributed by atoms with Gasteiger partial charge in [0, 0.05) is 22.7 Å². The number of aromatic nitrogens is 1. The molecule has 0 unspecified atom stereocenters. The van der Waals surface area contributed by atoms with E-state index in [0.29, 0.717) is 6.42 Å². The number of thiophene rings is 1. The molecule has 0 spiro atoms. The molecule has 126 valence electrons. The average Bonchev–Trinajstić information content (AvgIpc) is 3.03. The first-order valence-corrected chi connectivity index (χ1v) is 9.48. The van der Waals surface area contributed by atoms with Crippen LogP contribution in [0, 0.1) is 0 Å². The molecule has 3 nitrogen and oxygen atoms in total. The first kappa shape index (κ1) is 18.6. The summed E-state index contributed by atoms with van der Waals surface area (Å²) in [6.07, 6.45) is 6.96. The van der Waals surface area contributed by atoms with Crippen LogP contribution in [0.3, 0.4) is 0 Å². The summed E-state index contributed by atoms with van der Waals surface area (Å²) in [4.78, 5) is 17.5. The lowest BCUT2D eigenvalue weighted by atomic mass is 10.1. The van der Waals surface area contributed by atoms with Gasteiger partial charge in [-0.3, -0.25) is 9.78 Å². The molecule has 0 radical (unpaired) electrons. The van der Waals surface area contributed by atoms with Crippen LogP contribution in [0.4, 0.5) is 5.69 Å². The number of hydrogen-bond donors (Lipinski definition) is 1. The van der Waals surface area contributed by atoms with E-state index in [4.69, 9.17) is 0 Å². The fraction of sp³-hybridized carbons (Fsp3) is 0.263. The fourth-order valence-corrected chi connectivity index (χ4v) is 3.22. The Bertz CT molecular complexity index is 759. The molecule has 0 bridgehead atoms. The van der Waals surface area contributed by atoms with E-state index in [0.717, 1.165) is 32.6 Å². The van der Waals surface area contributed by atoms with E-state index in [2.05, 4.69) is 46.2 Å². The van der Waals surface area contributed by atoms with Gasteiger partial charge in [-0.25, -0.2) is 0 Å². The van der Waals surface area contributed by atoms with Crippen LogP contribution in [0.25, 0.3) is 10.4 Å². The van der Waals surface area contributed by atoms with Gasteiger partial charge >= 0.3 is 0 Å². The summed E-state index contributed by atoms with van der Waals surface area (Å²) in [7, 11) is 0. The molecule has 1 amide bonds. The van der Waals surface area contributed by atoms with Gasteiger partial charge in [-0.05, 0) is 54.1 Å². The topological polar surface area (TPSA) is 42.0 Å². The van der Waals surface area contributed by atoms with Gasteiger partial charge in [0.25, 0.3) is 0 Å². The maximum absolute atomic E-state index is 12.3. The summed E-state index contributed by atoms with van der Waals surface area (Å²) >= 11 is 5.11. The second-order valence-corrected chi connectivity index (χ2v) is 7.66.